The maximum atomic E-state index is 12.5. The summed E-state index contributed by atoms with van der Waals surface area (Å²) in [5, 5.41) is 0. The van der Waals surface area contributed by atoms with Gasteiger partial charge in [0.05, 0.1) is 12.1 Å². The second-order valence-electron chi connectivity index (χ2n) is 3.03. The highest BCUT2D eigenvalue weighted by Crippen LogP contribution is 2.32. The Bertz CT molecular complexity index is 410. The van der Waals surface area contributed by atoms with Crippen molar-refractivity contribution in [2.24, 2.45) is 5.73 Å². The van der Waals surface area contributed by atoms with Crippen LogP contribution in [0.3, 0.4) is 0 Å². The second kappa shape index (κ2) is 4.37. The maximum absolute atomic E-state index is 12.5. The van der Waals surface area contributed by atoms with Gasteiger partial charge in [0.1, 0.15) is 0 Å². The van der Waals surface area contributed by atoms with Crippen LogP contribution in [0.15, 0.2) is 18.2 Å². The lowest BCUT2D eigenvalue weighted by atomic mass is 10.0. The molecule has 1 aromatic carbocycles. The molecule has 0 radical (unpaired) electrons. The van der Waals surface area contributed by atoms with E-state index in [4.69, 9.17) is 5.73 Å². The van der Waals surface area contributed by atoms with Crippen LogP contribution in [0.2, 0.25) is 0 Å². The minimum atomic E-state index is -4.33. The summed E-state index contributed by atoms with van der Waals surface area (Å²) >= 11 is 0. The molecule has 0 unspecified atom stereocenters. The summed E-state index contributed by atoms with van der Waals surface area (Å²) in [4.78, 5) is 0. The van der Waals surface area contributed by atoms with Gasteiger partial charge in [-0.15, -0.1) is 0 Å². The molecule has 0 aliphatic carbocycles. The fourth-order valence-corrected chi connectivity index (χ4v) is 1.16. The molecule has 1 aromatic rings. The molecule has 0 saturated heterocycles. The average Bonchev–Trinajstić information content (AvgIpc) is 2.15. The summed E-state index contributed by atoms with van der Waals surface area (Å²) in [5.74, 6) is 5.08. The van der Waals surface area contributed by atoms with E-state index in [-0.39, 0.29) is 12.1 Å². The predicted molar refractivity (Wildman–Crippen MR) is 52.1 cm³/mol. The summed E-state index contributed by atoms with van der Waals surface area (Å²) in [5.41, 5.74) is 5.01. The number of benzene rings is 1. The van der Waals surface area contributed by atoms with Gasteiger partial charge in [-0.3, -0.25) is 0 Å². The molecule has 0 heterocycles. The van der Waals surface area contributed by atoms with E-state index >= 15 is 0 Å². The van der Waals surface area contributed by atoms with Gasteiger partial charge in [0.25, 0.3) is 0 Å². The Morgan fingerprint density at radius 2 is 2.00 bits per heavy atom. The smallest absolute Gasteiger partial charge is 0.320 e. The van der Waals surface area contributed by atoms with Crippen molar-refractivity contribution in [3.63, 3.8) is 0 Å². The van der Waals surface area contributed by atoms with Crippen LogP contribution in [-0.2, 0) is 6.18 Å². The van der Waals surface area contributed by atoms with E-state index in [9.17, 15) is 13.2 Å². The molecule has 0 bridgehead atoms. The molecular formula is C11H10F3N. The molecule has 1 rings (SSSR count). The molecule has 0 aliphatic heterocycles. The summed E-state index contributed by atoms with van der Waals surface area (Å²) in [6, 6.07) is 3.99. The number of alkyl halides is 3. The van der Waals surface area contributed by atoms with E-state index in [1.54, 1.807) is 6.07 Å². The van der Waals surface area contributed by atoms with Gasteiger partial charge in [0, 0.05) is 5.56 Å². The Morgan fingerprint density at radius 3 is 2.53 bits per heavy atom. The third-order valence-electron chi connectivity index (χ3n) is 1.88. The van der Waals surface area contributed by atoms with Crippen molar-refractivity contribution in [3.8, 4) is 11.8 Å². The van der Waals surface area contributed by atoms with Crippen molar-refractivity contribution < 1.29 is 13.2 Å². The Hall–Kier alpha value is -1.47. The van der Waals surface area contributed by atoms with Crippen molar-refractivity contribution in [3.05, 3.63) is 34.9 Å². The topological polar surface area (TPSA) is 26.0 Å². The molecule has 0 spiro atoms. The van der Waals surface area contributed by atoms with Gasteiger partial charge >= 0.3 is 6.18 Å². The Kier molecular flexibility index (Phi) is 3.38. The summed E-state index contributed by atoms with van der Waals surface area (Å²) < 4.78 is 37.4. The molecule has 80 valence electrons. The van der Waals surface area contributed by atoms with Crippen LogP contribution in [0, 0.1) is 18.8 Å². The van der Waals surface area contributed by atoms with Gasteiger partial charge in [0.2, 0.25) is 0 Å². The molecule has 2 N–H and O–H groups in total. The molecule has 15 heavy (non-hydrogen) atoms. The number of hydrogen-bond donors (Lipinski definition) is 1. The van der Waals surface area contributed by atoms with E-state index in [2.05, 4.69) is 11.8 Å². The number of aryl methyl sites for hydroxylation is 1. The van der Waals surface area contributed by atoms with Crippen LogP contribution in [-0.4, -0.2) is 6.54 Å². The fraction of sp³-hybridized carbons (Fsp3) is 0.273. The Morgan fingerprint density at radius 1 is 1.33 bits per heavy atom. The van der Waals surface area contributed by atoms with Gasteiger partial charge in [-0.25, -0.2) is 0 Å². The zero-order valence-corrected chi connectivity index (χ0v) is 8.15. The fourth-order valence-electron chi connectivity index (χ4n) is 1.16. The first kappa shape index (κ1) is 11.6. The van der Waals surface area contributed by atoms with Gasteiger partial charge in [-0.2, -0.15) is 13.2 Å². The average molecular weight is 213 g/mol. The van der Waals surface area contributed by atoms with Gasteiger partial charge in [0.15, 0.2) is 0 Å². The number of rotatable bonds is 0. The first-order valence-corrected chi connectivity index (χ1v) is 4.32. The predicted octanol–water partition coefficient (Wildman–Crippen LogP) is 2.32. The highest BCUT2D eigenvalue weighted by atomic mass is 19.4. The van der Waals surface area contributed by atoms with Gasteiger partial charge in [-0.1, -0.05) is 17.9 Å². The standard InChI is InChI=1S/C11H10F3N/c1-8-4-5-9(3-2-6-15)7-10(8)11(12,13)14/h4-5,7H,6,15H2,1H3. The van der Waals surface area contributed by atoms with Crippen molar-refractivity contribution in [1.29, 1.82) is 0 Å². The highest BCUT2D eigenvalue weighted by molar-refractivity contribution is 5.41. The lowest BCUT2D eigenvalue weighted by Gasteiger charge is -2.09. The molecule has 0 saturated carbocycles. The molecule has 0 atom stereocenters. The monoisotopic (exact) mass is 213 g/mol. The largest absolute Gasteiger partial charge is 0.416 e. The molecule has 0 amide bonds. The molecular weight excluding hydrogens is 203 g/mol. The van der Waals surface area contributed by atoms with Crippen LogP contribution in [0.5, 0.6) is 0 Å². The lowest BCUT2D eigenvalue weighted by molar-refractivity contribution is -0.138. The minimum absolute atomic E-state index is 0.134. The van der Waals surface area contributed by atoms with Crippen molar-refractivity contribution in [2.45, 2.75) is 13.1 Å². The molecule has 0 aromatic heterocycles. The number of halogens is 3. The van der Waals surface area contributed by atoms with E-state index in [0.29, 0.717) is 5.56 Å². The van der Waals surface area contributed by atoms with Crippen LogP contribution >= 0.6 is 0 Å². The summed E-state index contributed by atoms with van der Waals surface area (Å²) in [7, 11) is 0. The first-order chi connectivity index (χ1) is 6.95. The molecule has 4 heteroatoms. The van der Waals surface area contributed by atoms with E-state index in [1.807, 2.05) is 0 Å². The van der Waals surface area contributed by atoms with Crippen LogP contribution < -0.4 is 5.73 Å². The molecule has 1 nitrogen and oxygen atoms in total. The highest BCUT2D eigenvalue weighted by Gasteiger charge is 2.32. The normalized spacial score (nSPS) is 10.7. The Balaban J connectivity index is 3.17. The molecule has 0 aliphatic rings. The summed E-state index contributed by atoms with van der Waals surface area (Å²) in [6.45, 7) is 1.55. The maximum Gasteiger partial charge on any atom is 0.416 e. The number of hydrogen-bond acceptors (Lipinski definition) is 1. The third-order valence-corrected chi connectivity index (χ3v) is 1.88. The Labute approximate surface area is 86.1 Å². The van der Waals surface area contributed by atoms with Crippen LogP contribution in [0.1, 0.15) is 16.7 Å². The minimum Gasteiger partial charge on any atom is -0.320 e. The van der Waals surface area contributed by atoms with Crippen LogP contribution in [0.4, 0.5) is 13.2 Å². The van der Waals surface area contributed by atoms with E-state index < -0.39 is 11.7 Å². The van der Waals surface area contributed by atoms with Crippen molar-refractivity contribution in [1.82, 2.24) is 0 Å². The van der Waals surface area contributed by atoms with Gasteiger partial charge in [-0.05, 0) is 24.6 Å². The van der Waals surface area contributed by atoms with Crippen molar-refractivity contribution >= 4 is 0 Å². The summed E-state index contributed by atoms with van der Waals surface area (Å²) in [6.07, 6.45) is -4.33. The number of nitrogens with two attached hydrogens (primary N) is 1. The first-order valence-electron chi connectivity index (χ1n) is 4.32. The quantitative estimate of drug-likeness (QED) is 0.657. The second-order valence-corrected chi connectivity index (χ2v) is 3.03. The van der Waals surface area contributed by atoms with Crippen molar-refractivity contribution in [2.75, 3.05) is 6.54 Å². The third kappa shape index (κ3) is 3.00. The zero-order valence-electron chi connectivity index (χ0n) is 8.15. The lowest BCUT2D eigenvalue weighted by Crippen LogP contribution is -2.07. The SMILES string of the molecule is Cc1ccc(C#CCN)cc1C(F)(F)F. The van der Waals surface area contributed by atoms with Crippen LogP contribution in [0.25, 0.3) is 0 Å². The van der Waals surface area contributed by atoms with E-state index in [0.717, 1.165) is 6.07 Å². The van der Waals surface area contributed by atoms with E-state index in [1.165, 1.54) is 13.0 Å². The van der Waals surface area contributed by atoms with Gasteiger partial charge < -0.3 is 5.73 Å². The molecule has 0 fully saturated rings. The zero-order chi connectivity index (χ0) is 11.5.